The van der Waals surface area contributed by atoms with Crippen LogP contribution in [0.15, 0.2) is 54.9 Å². The number of pyridine rings is 2. The van der Waals surface area contributed by atoms with Crippen molar-refractivity contribution in [1.82, 2.24) is 25.1 Å². The number of thiophene rings is 1. The summed E-state index contributed by atoms with van der Waals surface area (Å²) in [6.45, 7) is 3.47. The van der Waals surface area contributed by atoms with Crippen molar-refractivity contribution in [3.8, 4) is 22.1 Å². The van der Waals surface area contributed by atoms with Crippen LogP contribution in [-0.2, 0) is 11.3 Å². The van der Waals surface area contributed by atoms with Gasteiger partial charge in [-0.2, -0.15) is 0 Å². The highest BCUT2D eigenvalue weighted by molar-refractivity contribution is 7.22. The van der Waals surface area contributed by atoms with Gasteiger partial charge in [0.15, 0.2) is 11.6 Å². The van der Waals surface area contributed by atoms with E-state index in [0.29, 0.717) is 37.5 Å². The number of piperidine rings is 1. The number of nitrogens with zero attached hydrogens (tertiary/aromatic N) is 4. The van der Waals surface area contributed by atoms with E-state index in [4.69, 9.17) is 9.72 Å². The zero-order valence-electron chi connectivity index (χ0n) is 24.7. The molecule has 3 fully saturated rings. The van der Waals surface area contributed by atoms with Gasteiger partial charge in [0.25, 0.3) is 0 Å². The Hall–Kier alpha value is -4.13. The van der Waals surface area contributed by atoms with Crippen LogP contribution in [0.25, 0.3) is 20.8 Å². The number of hydrogen-bond acceptors (Lipinski definition) is 8. The molecule has 12 heteroatoms. The number of urea groups is 1. The van der Waals surface area contributed by atoms with Crippen molar-refractivity contribution in [2.24, 2.45) is 5.92 Å². The molecule has 4 aromatic rings. The zero-order chi connectivity index (χ0) is 30.9. The van der Waals surface area contributed by atoms with E-state index >= 15 is 0 Å². The summed E-state index contributed by atoms with van der Waals surface area (Å²) in [7, 11) is 0. The number of carbonyl (C=O) groups excluding carboxylic acids is 2. The van der Waals surface area contributed by atoms with Crippen molar-refractivity contribution in [2.75, 3.05) is 31.5 Å². The lowest BCUT2D eigenvalue weighted by Crippen LogP contribution is -2.44. The number of anilines is 1. The van der Waals surface area contributed by atoms with Crippen molar-refractivity contribution < 1.29 is 23.8 Å². The highest BCUT2D eigenvalue weighted by Gasteiger charge is 2.32. The number of β-amino-alcohol motifs (C(OH)–C–C–N with tert-alkyl or cyclic N) is 1. The summed E-state index contributed by atoms with van der Waals surface area (Å²) in [5.41, 5.74) is 2.95. The van der Waals surface area contributed by atoms with Crippen molar-refractivity contribution in [1.29, 1.82) is 0 Å². The lowest BCUT2D eigenvalue weighted by atomic mass is 9.96. The molecule has 2 saturated heterocycles. The monoisotopic (exact) mass is 630 g/mol. The van der Waals surface area contributed by atoms with E-state index in [1.165, 1.54) is 23.5 Å². The van der Waals surface area contributed by atoms with E-state index in [-0.39, 0.29) is 29.6 Å². The van der Waals surface area contributed by atoms with Crippen molar-refractivity contribution in [3.05, 3.63) is 66.2 Å². The number of rotatable bonds is 8. The molecule has 1 unspecified atom stereocenters. The highest BCUT2D eigenvalue weighted by Crippen LogP contribution is 2.39. The number of fused-ring (bicyclic) bond motifs is 1. The number of aromatic nitrogens is 2. The van der Waals surface area contributed by atoms with Crippen LogP contribution in [0.2, 0.25) is 0 Å². The number of nitrogens with one attached hydrogen (secondary N) is 2. The molecule has 45 heavy (non-hydrogen) atoms. The van der Waals surface area contributed by atoms with Gasteiger partial charge in [0.1, 0.15) is 5.75 Å². The predicted octanol–water partition coefficient (Wildman–Crippen LogP) is 5.38. The second kappa shape index (κ2) is 12.7. The zero-order valence-corrected chi connectivity index (χ0v) is 25.6. The summed E-state index contributed by atoms with van der Waals surface area (Å²) in [4.78, 5) is 39.2. The number of ether oxygens (including phenoxy) is 1. The Morgan fingerprint density at radius 1 is 1.02 bits per heavy atom. The minimum atomic E-state index is -0.586. The number of benzene rings is 1. The van der Waals surface area contributed by atoms with Gasteiger partial charge in [0, 0.05) is 62.4 Å². The lowest BCUT2D eigenvalue weighted by molar-refractivity contribution is -0.136. The van der Waals surface area contributed by atoms with Gasteiger partial charge in [-0.25, -0.2) is 9.18 Å². The van der Waals surface area contributed by atoms with Gasteiger partial charge in [-0.15, -0.1) is 11.3 Å². The fourth-order valence-corrected chi connectivity index (χ4v) is 7.05. The van der Waals surface area contributed by atoms with E-state index in [0.717, 1.165) is 65.1 Å². The van der Waals surface area contributed by atoms with Gasteiger partial charge < -0.3 is 25.4 Å². The van der Waals surface area contributed by atoms with Crippen LogP contribution in [0.4, 0.5) is 14.9 Å². The maximum Gasteiger partial charge on any atom is 0.319 e. The first-order chi connectivity index (χ1) is 21.9. The number of halogens is 1. The maximum atomic E-state index is 14.9. The number of aliphatic hydroxyl groups excluding tert-OH is 1. The van der Waals surface area contributed by atoms with Crippen molar-refractivity contribution >= 4 is 39.2 Å². The second-order valence-corrected chi connectivity index (χ2v) is 13.2. The first kappa shape index (κ1) is 29.6. The van der Waals surface area contributed by atoms with Crippen LogP contribution in [-0.4, -0.2) is 75.1 Å². The van der Waals surface area contributed by atoms with Crippen LogP contribution >= 0.6 is 11.3 Å². The third-order valence-corrected chi connectivity index (χ3v) is 9.67. The molecule has 2 atom stereocenters. The average Bonchev–Trinajstić information content (AvgIpc) is 3.55. The SMILES string of the molecule is O=C(Nc1ccc(Oc2ccnc3cc(-c4ccc(CN5CCCC(C(=O)N6CC[C@H](O)C6)C5)cn4)sc23)c(F)c1)NC1CC1. The predicted molar refractivity (Wildman–Crippen MR) is 170 cm³/mol. The van der Waals surface area contributed by atoms with Gasteiger partial charge in [0.05, 0.1) is 32.8 Å². The highest BCUT2D eigenvalue weighted by atomic mass is 32.1. The molecule has 3 aliphatic rings. The fraction of sp³-hybridized carbons (Fsp3) is 0.394. The number of carbonyl (C=O) groups is 2. The summed E-state index contributed by atoms with van der Waals surface area (Å²) in [6, 6.07) is 11.9. The Morgan fingerprint density at radius 3 is 2.67 bits per heavy atom. The van der Waals surface area contributed by atoms with Crippen LogP contribution in [0, 0.1) is 11.7 Å². The minimum absolute atomic E-state index is 0.0275. The average molecular weight is 631 g/mol. The third kappa shape index (κ3) is 6.92. The van der Waals surface area contributed by atoms with Gasteiger partial charge >= 0.3 is 6.03 Å². The molecule has 2 aliphatic heterocycles. The molecule has 234 valence electrons. The Morgan fingerprint density at radius 2 is 1.91 bits per heavy atom. The topological polar surface area (TPSA) is 120 Å². The van der Waals surface area contributed by atoms with E-state index < -0.39 is 11.9 Å². The van der Waals surface area contributed by atoms with E-state index in [9.17, 15) is 19.1 Å². The van der Waals surface area contributed by atoms with E-state index in [1.807, 2.05) is 23.2 Å². The molecule has 3 aromatic heterocycles. The standard InChI is InChI=1S/C33H35FN6O4S/c34-25-14-23(38-33(43)37-22-4-5-22)6-8-28(25)44-29-9-11-35-27-15-30(45-31(27)29)26-7-3-20(16-36-26)17-39-12-1-2-21(18-39)32(42)40-13-10-24(41)19-40/h3,6-9,11,14-16,21-22,24,41H,1-2,4-5,10,12-13,17-19H2,(H2,37,38,43)/t21?,24-/m0/s1. The molecule has 1 aliphatic carbocycles. The number of likely N-dealkylation sites (tertiary alicyclic amines) is 2. The summed E-state index contributed by atoms with van der Waals surface area (Å²) in [6.07, 6.45) is 7.57. The molecule has 0 spiro atoms. The molecule has 5 heterocycles. The number of amides is 3. The van der Waals surface area contributed by atoms with Gasteiger partial charge in [-0.05, 0) is 68.5 Å². The molecule has 0 bridgehead atoms. The molecule has 3 N–H and O–H groups in total. The van der Waals surface area contributed by atoms with Crippen molar-refractivity contribution in [3.63, 3.8) is 0 Å². The number of hydrogen-bond donors (Lipinski definition) is 3. The molecular formula is C33H35FN6O4S. The molecule has 0 radical (unpaired) electrons. The minimum Gasteiger partial charge on any atom is -0.453 e. The summed E-state index contributed by atoms with van der Waals surface area (Å²) in [5.74, 6) is 0.0819. The Bertz CT molecular complexity index is 1710. The number of aliphatic hydroxyl groups is 1. The summed E-state index contributed by atoms with van der Waals surface area (Å²) >= 11 is 1.47. The molecule has 1 saturated carbocycles. The summed E-state index contributed by atoms with van der Waals surface area (Å²) < 4.78 is 21.7. The smallest absolute Gasteiger partial charge is 0.319 e. The van der Waals surface area contributed by atoms with Gasteiger partial charge in [0.2, 0.25) is 5.91 Å². The quantitative estimate of drug-likeness (QED) is 0.239. The lowest BCUT2D eigenvalue weighted by Gasteiger charge is -2.33. The largest absolute Gasteiger partial charge is 0.453 e. The normalized spacial score (nSPS) is 20.4. The second-order valence-electron chi connectivity index (χ2n) is 12.1. The first-order valence-electron chi connectivity index (χ1n) is 15.5. The van der Waals surface area contributed by atoms with Gasteiger partial charge in [-0.1, -0.05) is 6.07 Å². The summed E-state index contributed by atoms with van der Waals surface area (Å²) in [5, 5.41) is 15.3. The van der Waals surface area contributed by atoms with Crippen LogP contribution in [0.3, 0.4) is 0 Å². The van der Waals surface area contributed by atoms with E-state index in [1.54, 1.807) is 18.3 Å². The molecule has 3 amide bonds. The van der Waals surface area contributed by atoms with Crippen LogP contribution < -0.4 is 15.4 Å². The Balaban J connectivity index is 0.999. The first-order valence-corrected chi connectivity index (χ1v) is 16.3. The fourth-order valence-electron chi connectivity index (χ4n) is 6.00. The Labute approximate surface area is 264 Å². The van der Waals surface area contributed by atoms with E-state index in [2.05, 4.69) is 26.6 Å². The molecule has 10 nitrogen and oxygen atoms in total. The maximum absolute atomic E-state index is 14.9. The Kier molecular flexibility index (Phi) is 8.35. The molecule has 7 rings (SSSR count). The van der Waals surface area contributed by atoms with Crippen molar-refractivity contribution in [2.45, 2.75) is 50.8 Å². The molecular weight excluding hydrogens is 595 g/mol. The molecule has 1 aromatic carbocycles. The van der Waals surface area contributed by atoms with Gasteiger partial charge in [-0.3, -0.25) is 19.7 Å². The van der Waals surface area contributed by atoms with Crippen LogP contribution in [0.1, 0.15) is 37.7 Å². The third-order valence-electron chi connectivity index (χ3n) is 8.51. The van der Waals surface area contributed by atoms with Crippen LogP contribution in [0.5, 0.6) is 11.5 Å².